The van der Waals surface area contributed by atoms with Crippen LogP contribution < -0.4 is 0 Å². The molecule has 0 nitrogen and oxygen atoms in total. The minimum absolute atomic E-state index is 0.286. The Balaban J connectivity index is 3.25. The number of hydrogen-bond acceptors (Lipinski definition) is 0. The van der Waals surface area contributed by atoms with Gasteiger partial charge in [0.15, 0.2) is 0 Å². The number of halogens is 2. The first-order valence-electron chi connectivity index (χ1n) is 2.65. The van der Waals surface area contributed by atoms with Crippen molar-refractivity contribution >= 4 is 15.9 Å². The van der Waals surface area contributed by atoms with Crippen molar-refractivity contribution in [1.82, 2.24) is 0 Å². The van der Waals surface area contributed by atoms with Gasteiger partial charge in [-0.2, -0.15) is 0 Å². The van der Waals surface area contributed by atoms with Gasteiger partial charge in [-0.1, -0.05) is 21.9 Å². The molecule has 2 heteroatoms. The Kier molecular flexibility index (Phi) is 2.08. The highest BCUT2D eigenvalue weighted by molar-refractivity contribution is 9.10. The van der Waals surface area contributed by atoms with Crippen LogP contribution >= 0.6 is 15.9 Å². The lowest BCUT2D eigenvalue weighted by Gasteiger charge is -1.93. The van der Waals surface area contributed by atoms with Gasteiger partial charge in [0, 0.05) is 4.47 Å². The quantitative estimate of drug-likeness (QED) is 0.563. The molecular formula is C8H4BrF. The first kappa shape index (κ1) is 7.30. The van der Waals surface area contributed by atoms with Gasteiger partial charge in [-0.25, -0.2) is 4.39 Å². The van der Waals surface area contributed by atoms with E-state index in [-0.39, 0.29) is 11.4 Å². The van der Waals surface area contributed by atoms with Crippen LogP contribution in [0.25, 0.3) is 0 Å². The van der Waals surface area contributed by atoms with Crippen LogP contribution in [0, 0.1) is 18.2 Å². The Morgan fingerprint density at radius 2 is 2.20 bits per heavy atom. The fourth-order valence-electron chi connectivity index (χ4n) is 0.608. The summed E-state index contributed by atoms with van der Waals surface area (Å²) in [6.45, 7) is 0. The summed E-state index contributed by atoms with van der Waals surface area (Å²) in [6.07, 6.45) is 5.01. The van der Waals surface area contributed by atoms with Gasteiger partial charge in [0.25, 0.3) is 0 Å². The zero-order valence-corrected chi connectivity index (χ0v) is 6.65. The molecule has 0 radical (unpaired) electrons. The fourth-order valence-corrected chi connectivity index (χ4v) is 0.969. The van der Waals surface area contributed by atoms with Gasteiger partial charge >= 0.3 is 0 Å². The molecular weight excluding hydrogens is 195 g/mol. The topological polar surface area (TPSA) is 0 Å². The molecule has 0 amide bonds. The lowest BCUT2D eigenvalue weighted by molar-refractivity contribution is 0.624. The summed E-state index contributed by atoms with van der Waals surface area (Å²) < 4.78 is 13.4. The van der Waals surface area contributed by atoms with Crippen molar-refractivity contribution in [3.8, 4) is 12.3 Å². The zero-order chi connectivity index (χ0) is 7.56. The summed E-state index contributed by atoms with van der Waals surface area (Å²) in [5, 5.41) is 0. The van der Waals surface area contributed by atoms with Gasteiger partial charge in [-0.3, -0.25) is 0 Å². The molecule has 0 aliphatic heterocycles. The van der Waals surface area contributed by atoms with E-state index < -0.39 is 0 Å². The summed E-state index contributed by atoms with van der Waals surface area (Å²) in [6, 6.07) is 4.50. The van der Waals surface area contributed by atoms with Crippen molar-refractivity contribution in [2.24, 2.45) is 0 Å². The Bertz CT molecular complexity index is 286. The number of terminal acetylenes is 1. The molecule has 0 saturated carbocycles. The highest BCUT2D eigenvalue weighted by atomic mass is 79.9. The third-order valence-electron chi connectivity index (χ3n) is 1.08. The average molecular weight is 199 g/mol. The van der Waals surface area contributed by atoms with E-state index in [0.717, 1.165) is 4.47 Å². The summed E-state index contributed by atoms with van der Waals surface area (Å²) in [5.74, 6) is 1.88. The van der Waals surface area contributed by atoms with Gasteiger partial charge in [-0.15, -0.1) is 6.42 Å². The summed E-state index contributed by atoms with van der Waals surface area (Å²) in [5.41, 5.74) is 0.286. The maximum absolute atomic E-state index is 12.6. The van der Waals surface area contributed by atoms with Gasteiger partial charge in [0.2, 0.25) is 0 Å². The van der Waals surface area contributed by atoms with Crippen LogP contribution in [-0.4, -0.2) is 0 Å². The standard InChI is InChI=1S/C8H4BrF/c1-2-6-5-7(9)3-4-8(6)10/h1,3-5H. The molecule has 0 spiro atoms. The SMILES string of the molecule is C#Cc1cc(Br)ccc1F. The maximum Gasteiger partial charge on any atom is 0.138 e. The Labute approximate surface area is 67.2 Å². The van der Waals surface area contributed by atoms with Crippen LogP contribution in [-0.2, 0) is 0 Å². The van der Waals surface area contributed by atoms with Gasteiger partial charge in [0.1, 0.15) is 5.82 Å². The van der Waals surface area contributed by atoms with Crippen LogP contribution in [0.1, 0.15) is 5.56 Å². The number of benzene rings is 1. The fraction of sp³-hybridized carbons (Fsp3) is 0. The van der Waals surface area contributed by atoms with E-state index in [9.17, 15) is 4.39 Å². The molecule has 0 aliphatic rings. The van der Waals surface area contributed by atoms with Crippen LogP contribution in [0.3, 0.4) is 0 Å². The van der Waals surface area contributed by atoms with Gasteiger partial charge in [-0.05, 0) is 18.2 Å². The molecule has 0 aliphatic carbocycles. The van der Waals surface area contributed by atoms with E-state index in [0.29, 0.717) is 0 Å². The Hall–Kier alpha value is -0.810. The van der Waals surface area contributed by atoms with Crippen molar-refractivity contribution < 1.29 is 4.39 Å². The second-order valence-electron chi connectivity index (χ2n) is 1.77. The van der Waals surface area contributed by atoms with E-state index in [2.05, 4.69) is 21.9 Å². The largest absolute Gasteiger partial charge is 0.206 e. The Morgan fingerprint density at radius 3 is 2.70 bits per heavy atom. The first-order chi connectivity index (χ1) is 4.74. The van der Waals surface area contributed by atoms with Crippen molar-refractivity contribution in [2.45, 2.75) is 0 Å². The van der Waals surface area contributed by atoms with E-state index in [1.54, 1.807) is 12.1 Å². The second-order valence-corrected chi connectivity index (χ2v) is 2.68. The van der Waals surface area contributed by atoms with E-state index >= 15 is 0 Å². The van der Waals surface area contributed by atoms with Gasteiger partial charge in [0.05, 0.1) is 5.56 Å². The molecule has 1 aromatic carbocycles. The summed E-state index contributed by atoms with van der Waals surface area (Å²) >= 11 is 3.17. The normalized spacial score (nSPS) is 8.90. The molecule has 0 unspecified atom stereocenters. The smallest absolute Gasteiger partial charge is 0.138 e. The third kappa shape index (κ3) is 1.37. The van der Waals surface area contributed by atoms with Crippen LogP contribution in [0.4, 0.5) is 4.39 Å². The summed E-state index contributed by atoms with van der Waals surface area (Å²) in [4.78, 5) is 0. The molecule has 50 valence electrons. The average Bonchev–Trinajstić information content (AvgIpc) is 1.94. The van der Waals surface area contributed by atoms with E-state index in [1.807, 2.05) is 0 Å². The second kappa shape index (κ2) is 2.85. The van der Waals surface area contributed by atoms with E-state index in [4.69, 9.17) is 6.42 Å². The third-order valence-corrected chi connectivity index (χ3v) is 1.58. The Morgan fingerprint density at radius 1 is 1.50 bits per heavy atom. The number of rotatable bonds is 0. The highest BCUT2D eigenvalue weighted by Crippen LogP contribution is 2.13. The molecule has 1 aromatic rings. The minimum Gasteiger partial charge on any atom is -0.206 e. The molecule has 1 rings (SSSR count). The maximum atomic E-state index is 12.6. The molecule has 0 aromatic heterocycles. The van der Waals surface area contributed by atoms with Crippen molar-refractivity contribution in [3.05, 3.63) is 34.1 Å². The lowest BCUT2D eigenvalue weighted by atomic mass is 10.2. The van der Waals surface area contributed by atoms with Crippen molar-refractivity contribution in [2.75, 3.05) is 0 Å². The molecule has 0 heterocycles. The first-order valence-corrected chi connectivity index (χ1v) is 3.45. The van der Waals surface area contributed by atoms with Crippen LogP contribution in [0.5, 0.6) is 0 Å². The van der Waals surface area contributed by atoms with Crippen molar-refractivity contribution in [3.63, 3.8) is 0 Å². The molecule has 0 fully saturated rings. The lowest BCUT2D eigenvalue weighted by Crippen LogP contribution is -1.80. The molecule has 0 atom stereocenters. The minimum atomic E-state index is -0.356. The monoisotopic (exact) mass is 198 g/mol. The van der Waals surface area contributed by atoms with Crippen LogP contribution in [0.15, 0.2) is 22.7 Å². The van der Waals surface area contributed by atoms with E-state index in [1.165, 1.54) is 6.07 Å². The zero-order valence-electron chi connectivity index (χ0n) is 5.07. The molecule has 10 heavy (non-hydrogen) atoms. The summed E-state index contributed by atoms with van der Waals surface area (Å²) in [7, 11) is 0. The molecule has 0 saturated heterocycles. The van der Waals surface area contributed by atoms with Crippen molar-refractivity contribution in [1.29, 1.82) is 0 Å². The van der Waals surface area contributed by atoms with Crippen LogP contribution in [0.2, 0.25) is 0 Å². The predicted molar refractivity (Wildman–Crippen MR) is 42.0 cm³/mol. The predicted octanol–water partition coefficient (Wildman–Crippen LogP) is 2.57. The molecule has 0 N–H and O–H groups in total. The molecule has 0 bridgehead atoms. The highest BCUT2D eigenvalue weighted by Gasteiger charge is 1.97. The number of hydrogen-bond donors (Lipinski definition) is 0. The van der Waals surface area contributed by atoms with Gasteiger partial charge < -0.3 is 0 Å².